The van der Waals surface area contributed by atoms with Crippen molar-refractivity contribution in [1.29, 1.82) is 0 Å². The smallest absolute Gasteiger partial charge is 0.253 e. The van der Waals surface area contributed by atoms with Gasteiger partial charge < -0.3 is 10.7 Å². The molecule has 1 amide bonds. The number of carbonyl (C=O) groups excluding carboxylic acids is 1. The first kappa shape index (κ1) is 14.0. The van der Waals surface area contributed by atoms with Gasteiger partial charge in [0.2, 0.25) is 0 Å². The fourth-order valence-corrected chi connectivity index (χ4v) is 2.99. The van der Waals surface area contributed by atoms with Gasteiger partial charge in [-0.25, -0.2) is 4.39 Å². The zero-order valence-corrected chi connectivity index (χ0v) is 12.1. The quantitative estimate of drug-likeness (QED) is 0.590. The van der Waals surface area contributed by atoms with E-state index in [-0.39, 0.29) is 17.2 Å². The molecule has 0 atom stereocenters. The van der Waals surface area contributed by atoms with Crippen LogP contribution in [-0.4, -0.2) is 5.91 Å². The highest BCUT2D eigenvalue weighted by molar-refractivity contribution is 9.11. The van der Waals surface area contributed by atoms with Crippen LogP contribution in [0.4, 0.5) is 10.1 Å². The first-order chi connectivity index (χ1) is 9.11. The van der Waals surface area contributed by atoms with Gasteiger partial charge in [-0.15, -0.1) is 11.3 Å². The molecule has 4 nitrogen and oxygen atoms in total. The lowest BCUT2D eigenvalue weighted by Crippen LogP contribution is -2.25. The normalized spacial score (nSPS) is 10.3. The van der Waals surface area contributed by atoms with E-state index in [4.69, 9.17) is 5.84 Å². The summed E-state index contributed by atoms with van der Waals surface area (Å²) in [6.07, 6.45) is 0. The number of nitrogens with two attached hydrogens (primary N) is 1. The Morgan fingerprint density at radius 1 is 1.37 bits per heavy atom. The minimum Gasteiger partial charge on any atom is -0.347 e. The Kier molecular flexibility index (Phi) is 4.52. The summed E-state index contributed by atoms with van der Waals surface area (Å²) >= 11 is 4.87. The van der Waals surface area contributed by atoms with Gasteiger partial charge in [-0.1, -0.05) is 6.07 Å². The summed E-state index contributed by atoms with van der Waals surface area (Å²) in [6.45, 7) is 0.385. The Morgan fingerprint density at radius 3 is 2.79 bits per heavy atom. The molecule has 4 N–H and O–H groups in total. The van der Waals surface area contributed by atoms with E-state index in [1.165, 1.54) is 29.5 Å². The van der Waals surface area contributed by atoms with Crippen LogP contribution in [-0.2, 0) is 6.54 Å². The molecule has 19 heavy (non-hydrogen) atoms. The highest BCUT2D eigenvalue weighted by Crippen LogP contribution is 2.22. The first-order valence-electron chi connectivity index (χ1n) is 5.39. The maximum absolute atomic E-state index is 13.5. The SMILES string of the molecule is NNc1c(F)cccc1C(=O)NCc1ccc(Br)s1. The number of hydrogen-bond donors (Lipinski definition) is 3. The zero-order chi connectivity index (χ0) is 13.8. The summed E-state index contributed by atoms with van der Waals surface area (Å²) in [5, 5.41) is 2.72. The molecule has 0 saturated carbocycles. The number of benzene rings is 1. The van der Waals surface area contributed by atoms with Crippen molar-refractivity contribution in [3.63, 3.8) is 0 Å². The monoisotopic (exact) mass is 343 g/mol. The van der Waals surface area contributed by atoms with Crippen LogP contribution >= 0.6 is 27.3 Å². The molecular formula is C12H11BrFN3OS. The molecule has 2 rings (SSSR count). The third-order valence-electron chi connectivity index (χ3n) is 2.45. The summed E-state index contributed by atoms with van der Waals surface area (Å²) < 4.78 is 14.4. The Balaban J connectivity index is 2.10. The number of para-hydroxylation sites is 1. The number of carbonyl (C=O) groups is 1. The lowest BCUT2D eigenvalue weighted by atomic mass is 10.1. The second-order valence-corrected chi connectivity index (χ2v) is 6.24. The van der Waals surface area contributed by atoms with E-state index < -0.39 is 5.82 Å². The Morgan fingerprint density at radius 2 is 2.16 bits per heavy atom. The number of rotatable bonds is 4. The maximum Gasteiger partial charge on any atom is 0.253 e. The van der Waals surface area contributed by atoms with Crippen LogP contribution in [0.1, 0.15) is 15.2 Å². The van der Waals surface area contributed by atoms with Crippen LogP contribution < -0.4 is 16.6 Å². The second-order valence-electron chi connectivity index (χ2n) is 3.70. The molecule has 0 aliphatic carbocycles. The van der Waals surface area contributed by atoms with E-state index in [9.17, 15) is 9.18 Å². The molecule has 0 aliphatic heterocycles. The van der Waals surface area contributed by atoms with Crippen molar-refractivity contribution in [1.82, 2.24) is 5.32 Å². The van der Waals surface area contributed by atoms with E-state index in [1.807, 2.05) is 12.1 Å². The predicted octanol–water partition coefficient (Wildman–Crippen LogP) is 2.87. The summed E-state index contributed by atoms with van der Waals surface area (Å²) in [5.74, 6) is 4.29. The van der Waals surface area contributed by atoms with Gasteiger partial charge in [0.05, 0.1) is 21.6 Å². The summed E-state index contributed by atoms with van der Waals surface area (Å²) in [7, 11) is 0. The van der Waals surface area contributed by atoms with Crippen LogP contribution in [0.5, 0.6) is 0 Å². The van der Waals surface area contributed by atoms with Crippen LogP contribution in [0.2, 0.25) is 0 Å². The average molecular weight is 344 g/mol. The van der Waals surface area contributed by atoms with Crippen molar-refractivity contribution in [2.75, 3.05) is 5.43 Å². The van der Waals surface area contributed by atoms with Crippen molar-refractivity contribution in [2.24, 2.45) is 5.84 Å². The molecule has 100 valence electrons. The van der Waals surface area contributed by atoms with Crippen molar-refractivity contribution < 1.29 is 9.18 Å². The van der Waals surface area contributed by atoms with Crippen molar-refractivity contribution >= 4 is 38.9 Å². The molecule has 1 aromatic heterocycles. The Bertz CT molecular complexity index is 602. The van der Waals surface area contributed by atoms with E-state index in [0.717, 1.165) is 8.66 Å². The lowest BCUT2D eigenvalue weighted by Gasteiger charge is -2.09. The molecule has 7 heteroatoms. The van der Waals surface area contributed by atoms with Crippen LogP contribution in [0, 0.1) is 5.82 Å². The van der Waals surface area contributed by atoms with Crippen molar-refractivity contribution in [3.8, 4) is 0 Å². The van der Waals surface area contributed by atoms with E-state index >= 15 is 0 Å². The lowest BCUT2D eigenvalue weighted by molar-refractivity contribution is 0.0951. The predicted molar refractivity (Wildman–Crippen MR) is 77.4 cm³/mol. The molecule has 0 unspecified atom stereocenters. The summed E-state index contributed by atoms with van der Waals surface area (Å²) in [5.41, 5.74) is 2.38. The number of nitrogen functional groups attached to an aromatic ring is 1. The maximum atomic E-state index is 13.5. The first-order valence-corrected chi connectivity index (χ1v) is 7.00. The number of nitrogens with one attached hydrogen (secondary N) is 2. The average Bonchev–Trinajstić information content (AvgIpc) is 2.81. The number of halogens is 2. The standard InChI is InChI=1S/C12H11BrFN3OS/c13-10-5-4-7(19-10)6-16-12(18)8-2-1-3-9(14)11(8)17-15/h1-5,17H,6,15H2,(H,16,18). The van der Waals surface area contributed by atoms with Crippen molar-refractivity contribution in [3.05, 3.63) is 50.4 Å². The van der Waals surface area contributed by atoms with Gasteiger partial charge in [0.15, 0.2) is 0 Å². The van der Waals surface area contributed by atoms with Gasteiger partial charge in [0, 0.05) is 4.88 Å². The molecule has 0 aliphatic rings. The largest absolute Gasteiger partial charge is 0.347 e. The fourth-order valence-electron chi connectivity index (χ4n) is 1.57. The highest BCUT2D eigenvalue weighted by Gasteiger charge is 2.14. The number of hydrogen-bond acceptors (Lipinski definition) is 4. The molecule has 0 bridgehead atoms. The molecule has 0 radical (unpaired) electrons. The third kappa shape index (κ3) is 3.31. The summed E-state index contributed by atoms with van der Waals surface area (Å²) in [6, 6.07) is 8.02. The summed E-state index contributed by atoms with van der Waals surface area (Å²) in [4.78, 5) is 13.0. The molecule has 1 aromatic carbocycles. The zero-order valence-electron chi connectivity index (χ0n) is 9.74. The van der Waals surface area contributed by atoms with Gasteiger partial charge >= 0.3 is 0 Å². The fraction of sp³-hybridized carbons (Fsp3) is 0.0833. The minimum absolute atomic E-state index is 0.00707. The molecule has 1 heterocycles. The van der Waals surface area contributed by atoms with E-state index in [1.54, 1.807) is 0 Å². The van der Waals surface area contributed by atoms with Gasteiger partial charge in [-0.3, -0.25) is 10.6 Å². The molecule has 0 spiro atoms. The molecule has 0 saturated heterocycles. The molecular weight excluding hydrogens is 333 g/mol. The minimum atomic E-state index is -0.561. The topological polar surface area (TPSA) is 67.1 Å². The van der Waals surface area contributed by atoms with Crippen LogP contribution in [0.15, 0.2) is 34.1 Å². The number of thiophene rings is 1. The van der Waals surface area contributed by atoms with Gasteiger partial charge in [0.1, 0.15) is 5.82 Å². The van der Waals surface area contributed by atoms with Gasteiger partial charge in [0.25, 0.3) is 5.91 Å². The van der Waals surface area contributed by atoms with Gasteiger partial charge in [-0.2, -0.15) is 0 Å². The van der Waals surface area contributed by atoms with Crippen LogP contribution in [0.25, 0.3) is 0 Å². The van der Waals surface area contributed by atoms with Crippen molar-refractivity contribution in [2.45, 2.75) is 6.54 Å². The van der Waals surface area contributed by atoms with Gasteiger partial charge in [-0.05, 0) is 40.2 Å². The van der Waals surface area contributed by atoms with E-state index in [2.05, 4.69) is 26.7 Å². The second kappa shape index (κ2) is 6.14. The van der Waals surface area contributed by atoms with E-state index in [0.29, 0.717) is 6.54 Å². The third-order valence-corrected chi connectivity index (χ3v) is 4.08. The Hall–Kier alpha value is -1.44. The molecule has 0 fully saturated rings. The molecule has 2 aromatic rings. The highest BCUT2D eigenvalue weighted by atomic mass is 79.9. The van der Waals surface area contributed by atoms with Crippen LogP contribution in [0.3, 0.4) is 0 Å². The number of amides is 1. The number of hydrazine groups is 1. The Labute approximate surface area is 121 Å². The number of anilines is 1.